The number of ether oxygens (including phenoxy) is 1. The number of amides is 1. The van der Waals surface area contributed by atoms with E-state index < -0.39 is 18.5 Å². The van der Waals surface area contributed by atoms with Gasteiger partial charge in [0.1, 0.15) is 6.42 Å². The zero-order valence-corrected chi connectivity index (χ0v) is 10.7. The van der Waals surface area contributed by atoms with Crippen molar-refractivity contribution in [1.29, 1.82) is 0 Å². The summed E-state index contributed by atoms with van der Waals surface area (Å²) in [5.74, 6) is -0.858. The minimum Gasteiger partial charge on any atom is -0.394 e. The molecule has 0 aromatic carbocycles. The first-order chi connectivity index (χ1) is 8.92. The number of rotatable bonds is 6. The van der Waals surface area contributed by atoms with Crippen LogP contribution in [0.2, 0.25) is 0 Å². The molecule has 112 valence electrons. The first-order valence-corrected chi connectivity index (χ1v) is 6.18. The number of hydrogen-bond acceptors (Lipinski definition) is 4. The fraction of sp³-hybridized carbons (Fsp3) is 0.909. The minimum atomic E-state index is -4.44. The third-order valence-electron chi connectivity index (χ3n) is 2.86. The van der Waals surface area contributed by atoms with Crippen LogP contribution in [-0.2, 0) is 9.53 Å². The van der Waals surface area contributed by atoms with E-state index in [-0.39, 0.29) is 13.2 Å². The summed E-state index contributed by atoms with van der Waals surface area (Å²) in [6.07, 6.45) is -5.82. The number of carbonyl (C=O) groups excluding carboxylic acids is 1. The lowest BCUT2D eigenvalue weighted by Crippen LogP contribution is -2.50. The molecule has 5 nitrogen and oxygen atoms in total. The second kappa shape index (κ2) is 7.66. The van der Waals surface area contributed by atoms with E-state index in [0.29, 0.717) is 39.3 Å². The van der Waals surface area contributed by atoms with E-state index in [9.17, 15) is 18.0 Å². The van der Waals surface area contributed by atoms with E-state index in [4.69, 9.17) is 9.84 Å². The molecule has 0 aliphatic carbocycles. The summed E-state index contributed by atoms with van der Waals surface area (Å²) in [5.41, 5.74) is 0. The second-order valence-electron chi connectivity index (χ2n) is 4.35. The Labute approximate surface area is 109 Å². The standard InChI is InChI=1S/C11H19F3N2O3/c12-11(13,14)9-10(18)16-3-1-15(2-4-16)5-7-19-8-6-17/h17H,1-9H2. The van der Waals surface area contributed by atoms with Crippen molar-refractivity contribution in [3.05, 3.63) is 0 Å². The molecule has 1 aliphatic heterocycles. The van der Waals surface area contributed by atoms with Crippen LogP contribution in [0.15, 0.2) is 0 Å². The van der Waals surface area contributed by atoms with Crippen molar-refractivity contribution in [2.24, 2.45) is 0 Å². The maximum absolute atomic E-state index is 12.1. The topological polar surface area (TPSA) is 53.0 Å². The number of aliphatic hydroxyl groups excluding tert-OH is 1. The average molecular weight is 284 g/mol. The summed E-state index contributed by atoms with van der Waals surface area (Å²) < 4.78 is 41.4. The molecule has 0 bridgehead atoms. The van der Waals surface area contributed by atoms with Crippen LogP contribution >= 0.6 is 0 Å². The first kappa shape index (κ1) is 16.2. The Hall–Kier alpha value is -0.860. The van der Waals surface area contributed by atoms with Gasteiger partial charge in [-0.2, -0.15) is 13.2 Å². The van der Waals surface area contributed by atoms with Gasteiger partial charge in [0.05, 0.1) is 19.8 Å². The number of carbonyl (C=O) groups is 1. The highest BCUT2D eigenvalue weighted by molar-refractivity contribution is 5.76. The van der Waals surface area contributed by atoms with Crippen molar-refractivity contribution in [2.45, 2.75) is 12.6 Å². The van der Waals surface area contributed by atoms with Crippen LogP contribution in [0.5, 0.6) is 0 Å². The van der Waals surface area contributed by atoms with Gasteiger partial charge >= 0.3 is 6.18 Å². The molecular weight excluding hydrogens is 265 g/mol. The van der Waals surface area contributed by atoms with Crippen molar-refractivity contribution < 1.29 is 27.8 Å². The fourth-order valence-corrected chi connectivity index (χ4v) is 1.86. The highest BCUT2D eigenvalue weighted by Crippen LogP contribution is 2.21. The molecule has 1 saturated heterocycles. The molecule has 1 amide bonds. The lowest BCUT2D eigenvalue weighted by molar-refractivity contribution is -0.162. The van der Waals surface area contributed by atoms with E-state index >= 15 is 0 Å². The van der Waals surface area contributed by atoms with E-state index in [0.717, 1.165) is 0 Å². The van der Waals surface area contributed by atoms with Crippen molar-refractivity contribution in [1.82, 2.24) is 9.80 Å². The molecular formula is C11H19F3N2O3. The smallest absolute Gasteiger partial charge is 0.394 e. The number of hydrogen-bond donors (Lipinski definition) is 1. The average Bonchev–Trinajstić information content (AvgIpc) is 2.33. The summed E-state index contributed by atoms with van der Waals surface area (Å²) in [6, 6.07) is 0. The zero-order valence-electron chi connectivity index (χ0n) is 10.7. The van der Waals surface area contributed by atoms with Crippen molar-refractivity contribution >= 4 is 5.91 Å². The van der Waals surface area contributed by atoms with Gasteiger partial charge in [-0.05, 0) is 0 Å². The third kappa shape index (κ3) is 6.74. The Kier molecular flexibility index (Phi) is 6.53. The van der Waals surface area contributed by atoms with Crippen LogP contribution in [0.4, 0.5) is 13.2 Å². The van der Waals surface area contributed by atoms with E-state index in [1.807, 2.05) is 4.90 Å². The lowest BCUT2D eigenvalue weighted by Gasteiger charge is -2.34. The molecule has 0 spiro atoms. The molecule has 0 atom stereocenters. The molecule has 1 N–H and O–H groups in total. The largest absolute Gasteiger partial charge is 0.397 e. The molecule has 0 radical (unpaired) electrons. The fourth-order valence-electron chi connectivity index (χ4n) is 1.86. The van der Waals surface area contributed by atoms with Gasteiger partial charge in [0.15, 0.2) is 0 Å². The van der Waals surface area contributed by atoms with Gasteiger partial charge < -0.3 is 14.7 Å². The van der Waals surface area contributed by atoms with Gasteiger partial charge in [-0.1, -0.05) is 0 Å². The molecule has 0 aromatic rings. The molecule has 1 fully saturated rings. The number of piperazine rings is 1. The molecule has 0 aromatic heterocycles. The highest BCUT2D eigenvalue weighted by atomic mass is 19.4. The number of halogens is 3. The normalized spacial score (nSPS) is 17.8. The third-order valence-corrected chi connectivity index (χ3v) is 2.86. The van der Waals surface area contributed by atoms with Gasteiger partial charge in [0.2, 0.25) is 5.91 Å². The zero-order chi connectivity index (χ0) is 14.3. The maximum Gasteiger partial charge on any atom is 0.397 e. The Morgan fingerprint density at radius 1 is 1.16 bits per heavy atom. The maximum atomic E-state index is 12.1. The summed E-state index contributed by atoms with van der Waals surface area (Å²) in [5, 5.41) is 8.52. The van der Waals surface area contributed by atoms with Crippen LogP contribution in [0.3, 0.4) is 0 Å². The monoisotopic (exact) mass is 284 g/mol. The Morgan fingerprint density at radius 3 is 2.32 bits per heavy atom. The predicted molar refractivity (Wildman–Crippen MR) is 61.6 cm³/mol. The van der Waals surface area contributed by atoms with Crippen LogP contribution in [0.25, 0.3) is 0 Å². The van der Waals surface area contributed by atoms with E-state index in [1.54, 1.807) is 0 Å². The Bertz CT molecular complexity index is 279. The molecule has 0 unspecified atom stereocenters. The molecule has 19 heavy (non-hydrogen) atoms. The first-order valence-electron chi connectivity index (χ1n) is 6.18. The molecule has 1 rings (SSSR count). The van der Waals surface area contributed by atoms with E-state index in [1.165, 1.54) is 4.90 Å². The van der Waals surface area contributed by atoms with Crippen molar-refractivity contribution in [3.8, 4) is 0 Å². The Morgan fingerprint density at radius 2 is 1.79 bits per heavy atom. The number of aliphatic hydroxyl groups is 1. The van der Waals surface area contributed by atoms with Crippen LogP contribution in [0, 0.1) is 0 Å². The second-order valence-corrected chi connectivity index (χ2v) is 4.35. The quantitative estimate of drug-likeness (QED) is 0.703. The minimum absolute atomic E-state index is 0.0281. The van der Waals surface area contributed by atoms with Gasteiger partial charge in [-0.15, -0.1) is 0 Å². The number of nitrogens with zero attached hydrogens (tertiary/aromatic N) is 2. The van der Waals surface area contributed by atoms with Crippen LogP contribution < -0.4 is 0 Å². The van der Waals surface area contributed by atoms with Gasteiger partial charge in [0.25, 0.3) is 0 Å². The van der Waals surface area contributed by atoms with E-state index in [2.05, 4.69) is 0 Å². The SMILES string of the molecule is O=C(CC(F)(F)F)N1CCN(CCOCCO)CC1. The molecule has 1 aliphatic rings. The summed E-state index contributed by atoms with van der Waals surface area (Å²) >= 11 is 0. The van der Waals surface area contributed by atoms with Crippen molar-refractivity contribution in [2.75, 3.05) is 52.5 Å². The predicted octanol–water partition coefficient (Wildman–Crippen LogP) is 0.0919. The van der Waals surface area contributed by atoms with Gasteiger partial charge in [0, 0.05) is 32.7 Å². The Balaban J connectivity index is 2.19. The summed E-state index contributed by atoms with van der Waals surface area (Å²) in [6.45, 7) is 3.10. The summed E-state index contributed by atoms with van der Waals surface area (Å²) in [4.78, 5) is 14.6. The lowest BCUT2D eigenvalue weighted by atomic mass is 10.2. The van der Waals surface area contributed by atoms with Crippen LogP contribution in [-0.4, -0.2) is 79.5 Å². The number of alkyl halides is 3. The van der Waals surface area contributed by atoms with Gasteiger partial charge in [-0.3, -0.25) is 9.69 Å². The van der Waals surface area contributed by atoms with Crippen molar-refractivity contribution in [3.63, 3.8) is 0 Å². The highest BCUT2D eigenvalue weighted by Gasteiger charge is 2.34. The summed E-state index contributed by atoms with van der Waals surface area (Å²) in [7, 11) is 0. The molecule has 8 heteroatoms. The van der Waals surface area contributed by atoms with Gasteiger partial charge in [-0.25, -0.2) is 0 Å². The molecule has 0 saturated carbocycles. The van der Waals surface area contributed by atoms with Crippen LogP contribution in [0.1, 0.15) is 6.42 Å². The molecule has 1 heterocycles.